The second kappa shape index (κ2) is 4.27. The Bertz CT molecular complexity index is 194. The molecule has 2 nitrogen and oxygen atoms in total. The predicted octanol–water partition coefficient (Wildman–Crippen LogP) is 2.64. The first-order chi connectivity index (χ1) is 6.08. The fourth-order valence-electron chi connectivity index (χ4n) is 1.09. The number of carbonyl (C=O) groups is 1. The quantitative estimate of drug-likeness (QED) is 0.395. The monoisotopic (exact) mass is 208 g/mol. The van der Waals surface area contributed by atoms with Crippen LogP contribution < -0.4 is 0 Å². The zero-order valence-corrected chi connectivity index (χ0v) is 8.44. The minimum atomic E-state index is -1.82. The number of hydrogen-bond acceptors (Lipinski definition) is 2. The van der Waals surface area contributed by atoms with Crippen LogP contribution in [0.2, 0.25) is 0 Å². The van der Waals surface area contributed by atoms with Gasteiger partial charge in [0.15, 0.2) is 5.13 Å². The molecule has 0 amide bonds. The maximum Gasteiger partial charge on any atom is 0.313 e. The van der Waals surface area contributed by atoms with E-state index in [1.807, 2.05) is 0 Å². The van der Waals surface area contributed by atoms with E-state index in [0.29, 0.717) is 6.61 Å². The summed E-state index contributed by atoms with van der Waals surface area (Å²) in [6, 6.07) is 0. The highest BCUT2D eigenvalue weighted by Crippen LogP contribution is 2.51. The lowest BCUT2D eigenvalue weighted by molar-refractivity contribution is -0.146. The van der Waals surface area contributed by atoms with E-state index < -0.39 is 17.0 Å². The fourth-order valence-corrected chi connectivity index (χ4v) is 1.34. The predicted molar refractivity (Wildman–Crippen MR) is 48.3 cm³/mol. The largest absolute Gasteiger partial charge is 0.465 e. The van der Waals surface area contributed by atoms with Gasteiger partial charge < -0.3 is 4.74 Å². The van der Waals surface area contributed by atoms with Crippen molar-refractivity contribution in [3.05, 3.63) is 0 Å². The number of hydrogen-bond donors (Lipinski definition) is 0. The van der Waals surface area contributed by atoms with Crippen LogP contribution in [0.4, 0.5) is 4.39 Å². The summed E-state index contributed by atoms with van der Waals surface area (Å²) in [5.74, 6) is -1.22. The van der Waals surface area contributed by atoms with Gasteiger partial charge in [-0.05, 0) is 6.42 Å². The van der Waals surface area contributed by atoms with Crippen LogP contribution in [0.3, 0.4) is 0 Å². The van der Waals surface area contributed by atoms with Crippen LogP contribution in [0.1, 0.15) is 32.6 Å². The van der Waals surface area contributed by atoms with Gasteiger partial charge in [-0.3, -0.25) is 4.79 Å². The smallest absolute Gasteiger partial charge is 0.313 e. The van der Waals surface area contributed by atoms with E-state index in [-0.39, 0.29) is 6.42 Å². The van der Waals surface area contributed by atoms with Crippen LogP contribution in [-0.2, 0) is 9.53 Å². The number of carbonyl (C=O) groups excluding carboxylic acids is 1. The van der Waals surface area contributed by atoms with E-state index in [1.54, 1.807) is 0 Å². The third-order valence-corrected chi connectivity index (χ3v) is 2.52. The minimum absolute atomic E-state index is 0.0984. The average molecular weight is 209 g/mol. The first kappa shape index (κ1) is 10.8. The van der Waals surface area contributed by atoms with E-state index in [1.165, 1.54) is 0 Å². The molecule has 0 aromatic carbocycles. The zero-order chi connectivity index (χ0) is 9.90. The first-order valence-electron chi connectivity index (χ1n) is 4.62. The van der Waals surface area contributed by atoms with Crippen LogP contribution in [0.15, 0.2) is 0 Å². The molecule has 0 heterocycles. The van der Waals surface area contributed by atoms with Crippen molar-refractivity contribution < 1.29 is 13.9 Å². The lowest BCUT2D eigenvalue weighted by atomic mass is 10.3. The Balaban J connectivity index is 2.06. The molecule has 0 N–H and O–H groups in total. The van der Waals surface area contributed by atoms with E-state index >= 15 is 0 Å². The lowest BCUT2D eigenvalue weighted by Crippen LogP contribution is -2.11. The summed E-state index contributed by atoms with van der Waals surface area (Å²) in [5.41, 5.74) is 0. The van der Waals surface area contributed by atoms with E-state index in [2.05, 4.69) is 6.92 Å². The van der Waals surface area contributed by atoms with Crippen molar-refractivity contribution in [1.82, 2.24) is 0 Å². The molecule has 76 valence electrons. The summed E-state index contributed by atoms with van der Waals surface area (Å²) in [7, 11) is 0. The van der Waals surface area contributed by atoms with Gasteiger partial charge in [0, 0.05) is 6.42 Å². The summed E-state index contributed by atoms with van der Waals surface area (Å²) in [6.07, 6.45) is 3.04. The van der Waals surface area contributed by atoms with Gasteiger partial charge in [0.05, 0.1) is 6.61 Å². The van der Waals surface area contributed by atoms with Crippen molar-refractivity contribution in [1.29, 1.82) is 0 Å². The van der Waals surface area contributed by atoms with E-state index in [4.69, 9.17) is 16.3 Å². The Kier molecular flexibility index (Phi) is 3.54. The van der Waals surface area contributed by atoms with Crippen LogP contribution in [-0.4, -0.2) is 17.7 Å². The maximum absolute atomic E-state index is 12.8. The third kappa shape index (κ3) is 3.14. The fraction of sp³-hybridized carbons (Fsp3) is 0.889. The topological polar surface area (TPSA) is 26.3 Å². The molecule has 1 fully saturated rings. The van der Waals surface area contributed by atoms with Crippen molar-refractivity contribution in [3.63, 3.8) is 0 Å². The lowest BCUT2D eigenvalue weighted by Gasteiger charge is -2.02. The summed E-state index contributed by atoms with van der Waals surface area (Å²) in [5, 5.41) is -1.82. The Labute approximate surface area is 82.4 Å². The molecule has 1 aliphatic rings. The standard InChI is InChI=1S/C9H14ClFO2/c1-2-3-4-5-13-8(12)7-6-9(7,10)11/h7H,2-6H2,1H3/t7-,9?/m0/s1. The number of halogens is 2. The summed E-state index contributed by atoms with van der Waals surface area (Å²) < 4.78 is 17.6. The molecule has 1 aliphatic carbocycles. The van der Waals surface area contributed by atoms with Gasteiger partial charge in [-0.15, -0.1) is 0 Å². The molecule has 1 saturated carbocycles. The van der Waals surface area contributed by atoms with Gasteiger partial charge in [-0.1, -0.05) is 31.4 Å². The number of ether oxygens (including phenoxy) is 1. The Morgan fingerprint density at radius 3 is 2.77 bits per heavy atom. The number of rotatable bonds is 5. The van der Waals surface area contributed by atoms with Crippen LogP contribution in [0.5, 0.6) is 0 Å². The molecular formula is C9H14ClFO2. The number of unbranched alkanes of at least 4 members (excludes halogenated alkanes) is 2. The summed E-state index contributed by atoms with van der Waals surface area (Å²) in [4.78, 5) is 11.0. The Hall–Kier alpha value is -0.310. The molecule has 1 unspecified atom stereocenters. The van der Waals surface area contributed by atoms with Crippen LogP contribution in [0.25, 0.3) is 0 Å². The van der Waals surface area contributed by atoms with Crippen LogP contribution in [0, 0.1) is 5.92 Å². The molecule has 0 spiro atoms. The normalized spacial score (nSPS) is 31.5. The summed E-state index contributed by atoms with van der Waals surface area (Å²) in [6.45, 7) is 2.45. The second-order valence-electron chi connectivity index (χ2n) is 3.39. The molecule has 0 bridgehead atoms. The molecule has 4 heteroatoms. The van der Waals surface area contributed by atoms with Crippen molar-refractivity contribution in [2.75, 3.05) is 6.61 Å². The third-order valence-electron chi connectivity index (χ3n) is 2.10. The van der Waals surface area contributed by atoms with Gasteiger partial charge in [-0.25, -0.2) is 4.39 Å². The number of esters is 1. The van der Waals surface area contributed by atoms with Crippen molar-refractivity contribution >= 4 is 17.6 Å². The average Bonchev–Trinajstić information content (AvgIpc) is 2.69. The second-order valence-corrected chi connectivity index (χ2v) is 4.02. The van der Waals surface area contributed by atoms with Crippen molar-refractivity contribution in [2.24, 2.45) is 5.92 Å². The highest BCUT2D eigenvalue weighted by atomic mass is 35.5. The maximum atomic E-state index is 12.8. The molecular weight excluding hydrogens is 195 g/mol. The molecule has 0 aliphatic heterocycles. The van der Waals surface area contributed by atoms with Gasteiger partial charge >= 0.3 is 5.97 Å². The molecule has 13 heavy (non-hydrogen) atoms. The number of alkyl halides is 2. The van der Waals surface area contributed by atoms with Crippen molar-refractivity contribution in [3.8, 4) is 0 Å². The zero-order valence-electron chi connectivity index (χ0n) is 7.69. The van der Waals surface area contributed by atoms with Crippen LogP contribution >= 0.6 is 11.6 Å². The van der Waals surface area contributed by atoms with E-state index in [9.17, 15) is 9.18 Å². The summed E-state index contributed by atoms with van der Waals surface area (Å²) >= 11 is 5.27. The molecule has 0 radical (unpaired) electrons. The van der Waals surface area contributed by atoms with Gasteiger partial charge in [0.1, 0.15) is 5.92 Å². The molecule has 2 atom stereocenters. The molecule has 0 aromatic heterocycles. The molecule has 0 saturated heterocycles. The Morgan fingerprint density at radius 1 is 1.69 bits per heavy atom. The van der Waals surface area contributed by atoms with Gasteiger partial charge in [0.25, 0.3) is 0 Å². The van der Waals surface area contributed by atoms with Crippen molar-refractivity contribution in [2.45, 2.75) is 37.7 Å². The van der Waals surface area contributed by atoms with E-state index in [0.717, 1.165) is 19.3 Å². The molecule has 1 rings (SSSR count). The van der Waals surface area contributed by atoms with Gasteiger partial charge in [0.2, 0.25) is 0 Å². The highest BCUT2D eigenvalue weighted by molar-refractivity contribution is 6.26. The minimum Gasteiger partial charge on any atom is -0.465 e. The SMILES string of the molecule is CCCCCOC(=O)[C@@H]1CC1(F)Cl. The molecule has 0 aromatic rings. The Morgan fingerprint density at radius 2 is 2.31 bits per heavy atom. The first-order valence-corrected chi connectivity index (χ1v) is 5.00. The van der Waals surface area contributed by atoms with Gasteiger partial charge in [-0.2, -0.15) is 0 Å². The highest BCUT2D eigenvalue weighted by Gasteiger charge is 2.59.